The van der Waals surface area contributed by atoms with Gasteiger partial charge in [0.1, 0.15) is 0 Å². The third-order valence-electron chi connectivity index (χ3n) is 5.51. The Bertz CT molecular complexity index is 1190. The molecule has 0 heterocycles. The second kappa shape index (κ2) is 14.4. The maximum Gasteiger partial charge on any atom is 0.305 e. The highest BCUT2D eigenvalue weighted by molar-refractivity contribution is 7.80. The van der Waals surface area contributed by atoms with Gasteiger partial charge in [-0.15, -0.1) is 0 Å². The van der Waals surface area contributed by atoms with Crippen LogP contribution in [0.3, 0.4) is 0 Å². The number of carboxylic acid groups (broad SMARTS) is 1. The van der Waals surface area contributed by atoms with Crippen molar-refractivity contribution in [3.63, 3.8) is 0 Å². The highest BCUT2D eigenvalue weighted by Crippen LogP contribution is 2.23. The van der Waals surface area contributed by atoms with Crippen LogP contribution in [-0.2, 0) is 20.9 Å². The Labute approximate surface area is 221 Å². The van der Waals surface area contributed by atoms with Crippen molar-refractivity contribution < 1.29 is 19.5 Å². The highest BCUT2D eigenvalue weighted by atomic mass is 32.1. The predicted molar refractivity (Wildman–Crippen MR) is 147 cm³/mol. The van der Waals surface area contributed by atoms with Crippen LogP contribution in [0, 0.1) is 0 Å². The standard InChI is InChI=1S/C28H30N4O4S/c33-25(15-16-29-28(37)31-18-20-7-3-1-4-8-20)30-19-26(34)32-24(17-27(35)36)23-13-11-22(12-14-23)21-9-5-2-6-10-21/h1-14,24H,15-19H2,(H,30,33)(H,32,34)(H,35,36)(H2,29,31,37). The summed E-state index contributed by atoms with van der Waals surface area (Å²) in [6.45, 7) is 0.628. The number of benzene rings is 3. The van der Waals surface area contributed by atoms with Crippen molar-refractivity contribution in [3.05, 3.63) is 96.1 Å². The van der Waals surface area contributed by atoms with E-state index in [-0.39, 0.29) is 25.3 Å². The maximum absolute atomic E-state index is 12.4. The lowest BCUT2D eigenvalue weighted by Crippen LogP contribution is -2.41. The number of carboxylic acids is 1. The summed E-state index contributed by atoms with van der Waals surface area (Å²) in [7, 11) is 0. The van der Waals surface area contributed by atoms with Crippen molar-refractivity contribution in [2.45, 2.75) is 25.4 Å². The number of aliphatic carboxylic acids is 1. The van der Waals surface area contributed by atoms with E-state index in [0.717, 1.165) is 16.7 Å². The first kappa shape index (κ1) is 27.3. The number of carbonyl (C=O) groups is 3. The van der Waals surface area contributed by atoms with Gasteiger partial charge in [-0.25, -0.2) is 0 Å². The van der Waals surface area contributed by atoms with Crippen LogP contribution in [0.4, 0.5) is 0 Å². The van der Waals surface area contributed by atoms with Gasteiger partial charge >= 0.3 is 5.97 Å². The van der Waals surface area contributed by atoms with E-state index in [2.05, 4.69) is 21.3 Å². The summed E-state index contributed by atoms with van der Waals surface area (Å²) < 4.78 is 0. The minimum Gasteiger partial charge on any atom is -0.481 e. The Morgan fingerprint density at radius 1 is 0.757 bits per heavy atom. The zero-order valence-corrected chi connectivity index (χ0v) is 21.1. The number of carbonyl (C=O) groups excluding carboxylic acids is 2. The maximum atomic E-state index is 12.4. The quantitative estimate of drug-likeness (QED) is 0.234. The monoisotopic (exact) mass is 518 g/mol. The van der Waals surface area contributed by atoms with Crippen LogP contribution in [-0.4, -0.2) is 41.1 Å². The van der Waals surface area contributed by atoms with Crippen molar-refractivity contribution in [1.29, 1.82) is 0 Å². The molecule has 1 unspecified atom stereocenters. The Hall–Kier alpha value is -4.24. The van der Waals surface area contributed by atoms with E-state index >= 15 is 0 Å². The molecule has 0 saturated heterocycles. The van der Waals surface area contributed by atoms with Crippen LogP contribution in [0.2, 0.25) is 0 Å². The Balaban J connectivity index is 1.41. The summed E-state index contributed by atoms with van der Waals surface area (Å²) in [5.74, 6) is -1.83. The van der Waals surface area contributed by atoms with Crippen molar-refractivity contribution in [2.24, 2.45) is 0 Å². The predicted octanol–water partition coefficient (Wildman–Crippen LogP) is 3.16. The van der Waals surface area contributed by atoms with Crippen LogP contribution in [0.15, 0.2) is 84.9 Å². The molecule has 0 spiro atoms. The SMILES string of the molecule is O=C(O)CC(NC(=O)CNC(=O)CCNC(=S)NCc1ccccc1)c1ccc(-c2ccccc2)cc1. The number of rotatable bonds is 12. The first-order valence-corrected chi connectivity index (χ1v) is 12.3. The zero-order chi connectivity index (χ0) is 26.5. The van der Waals surface area contributed by atoms with Crippen molar-refractivity contribution in [2.75, 3.05) is 13.1 Å². The normalized spacial score (nSPS) is 11.1. The third-order valence-corrected chi connectivity index (χ3v) is 5.80. The van der Waals surface area contributed by atoms with E-state index in [1.807, 2.05) is 72.8 Å². The fourth-order valence-corrected chi connectivity index (χ4v) is 3.78. The summed E-state index contributed by atoms with van der Waals surface area (Å²) >= 11 is 5.21. The Morgan fingerprint density at radius 2 is 1.38 bits per heavy atom. The molecule has 0 aliphatic carbocycles. The minimum atomic E-state index is -1.04. The summed E-state index contributed by atoms with van der Waals surface area (Å²) in [6.07, 6.45) is -0.151. The number of hydrogen-bond donors (Lipinski definition) is 5. The Kier molecular flexibility index (Phi) is 10.6. The summed E-state index contributed by atoms with van der Waals surface area (Å²) in [4.78, 5) is 35.9. The lowest BCUT2D eigenvalue weighted by atomic mass is 9.99. The number of amides is 2. The van der Waals surface area contributed by atoms with Gasteiger partial charge in [-0.05, 0) is 34.5 Å². The molecule has 0 fully saturated rings. The summed E-state index contributed by atoms with van der Waals surface area (Å²) in [6, 6.07) is 26.2. The van der Waals surface area contributed by atoms with E-state index in [9.17, 15) is 19.5 Å². The molecule has 0 bridgehead atoms. The van der Waals surface area contributed by atoms with E-state index in [1.54, 1.807) is 12.1 Å². The lowest BCUT2D eigenvalue weighted by Gasteiger charge is -2.18. The number of hydrogen-bond acceptors (Lipinski definition) is 4. The first-order chi connectivity index (χ1) is 17.9. The molecule has 3 aromatic rings. The largest absolute Gasteiger partial charge is 0.481 e. The molecule has 0 radical (unpaired) electrons. The van der Waals surface area contributed by atoms with Gasteiger partial charge < -0.3 is 26.4 Å². The van der Waals surface area contributed by atoms with Gasteiger partial charge in [0.05, 0.1) is 19.0 Å². The van der Waals surface area contributed by atoms with Gasteiger partial charge in [0.25, 0.3) is 0 Å². The number of thiocarbonyl (C=S) groups is 1. The van der Waals surface area contributed by atoms with Crippen LogP contribution < -0.4 is 21.3 Å². The zero-order valence-electron chi connectivity index (χ0n) is 20.3. The molecular weight excluding hydrogens is 488 g/mol. The number of nitrogens with one attached hydrogen (secondary N) is 4. The van der Waals surface area contributed by atoms with Gasteiger partial charge in [-0.1, -0.05) is 84.9 Å². The van der Waals surface area contributed by atoms with Crippen molar-refractivity contribution >= 4 is 35.1 Å². The molecular formula is C28H30N4O4S. The molecule has 0 aromatic heterocycles. The average Bonchev–Trinajstić information content (AvgIpc) is 2.91. The molecule has 0 aliphatic rings. The summed E-state index contributed by atoms with van der Waals surface area (Å²) in [5, 5.41) is 21.0. The van der Waals surface area contributed by atoms with Crippen molar-refractivity contribution in [1.82, 2.24) is 21.3 Å². The highest BCUT2D eigenvalue weighted by Gasteiger charge is 2.18. The molecule has 3 rings (SSSR count). The molecule has 0 saturated carbocycles. The fourth-order valence-electron chi connectivity index (χ4n) is 3.61. The Morgan fingerprint density at radius 3 is 2.03 bits per heavy atom. The van der Waals surface area contributed by atoms with Gasteiger partial charge in [0.15, 0.2) is 5.11 Å². The molecule has 9 heteroatoms. The molecule has 2 amide bonds. The molecule has 1 atom stereocenters. The van der Waals surface area contributed by atoms with Gasteiger partial charge in [0.2, 0.25) is 11.8 Å². The third kappa shape index (κ3) is 9.73. The fraction of sp³-hybridized carbons (Fsp3) is 0.214. The van der Waals surface area contributed by atoms with E-state index < -0.39 is 17.9 Å². The van der Waals surface area contributed by atoms with Crippen LogP contribution in [0.5, 0.6) is 0 Å². The van der Waals surface area contributed by atoms with Crippen LogP contribution in [0.25, 0.3) is 11.1 Å². The molecule has 5 N–H and O–H groups in total. The average molecular weight is 519 g/mol. The summed E-state index contributed by atoms with van der Waals surface area (Å²) in [5.41, 5.74) is 3.78. The molecule has 8 nitrogen and oxygen atoms in total. The minimum absolute atomic E-state index is 0.125. The molecule has 0 aliphatic heterocycles. The van der Waals surface area contributed by atoms with E-state index in [4.69, 9.17) is 12.2 Å². The molecule has 3 aromatic carbocycles. The molecule has 37 heavy (non-hydrogen) atoms. The first-order valence-electron chi connectivity index (χ1n) is 11.9. The van der Waals surface area contributed by atoms with Gasteiger partial charge in [-0.3, -0.25) is 14.4 Å². The van der Waals surface area contributed by atoms with Crippen molar-refractivity contribution in [3.8, 4) is 11.1 Å². The lowest BCUT2D eigenvalue weighted by molar-refractivity contribution is -0.138. The smallest absolute Gasteiger partial charge is 0.305 e. The topological polar surface area (TPSA) is 120 Å². The van der Waals surface area contributed by atoms with E-state index in [1.165, 1.54) is 0 Å². The molecule has 192 valence electrons. The second-order valence-electron chi connectivity index (χ2n) is 8.33. The second-order valence-corrected chi connectivity index (χ2v) is 8.74. The van der Waals surface area contributed by atoms with Gasteiger partial charge in [0, 0.05) is 19.5 Å². The van der Waals surface area contributed by atoms with Crippen LogP contribution in [0.1, 0.15) is 30.0 Å². The van der Waals surface area contributed by atoms with Gasteiger partial charge in [-0.2, -0.15) is 0 Å². The van der Waals surface area contributed by atoms with E-state index in [0.29, 0.717) is 23.8 Å². The van der Waals surface area contributed by atoms with Crippen LogP contribution >= 0.6 is 12.2 Å².